The van der Waals surface area contributed by atoms with Gasteiger partial charge in [0.25, 0.3) is 0 Å². The molecule has 1 atom stereocenters. The summed E-state index contributed by atoms with van der Waals surface area (Å²) in [4.78, 5) is 0.357. The molecule has 0 amide bonds. The van der Waals surface area contributed by atoms with E-state index in [-0.39, 0.29) is 0 Å². The molecule has 5 nitrogen and oxygen atoms in total. The molecule has 118 valence electrons. The molecular formula is C14H23N3O2S2. The topological polar surface area (TPSA) is 77.1 Å². The first-order chi connectivity index (χ1) is 10.1. The number of rotatable bonds is 6. The van der Waals surface area contributed by atoms with Gasteiger partial charge < -0.3 is 10.3 Å². The number of aromatic nitrogens is 1. The highest BCUT2D eigenvalue weighted by Crippen LogP contribution is 2.37. The molecule has 21 heavy (non-hydrogen) atoms. The van der Waals surface area contributed by atoms with Gasteiger partial charge in [-0.05, 0) is 37.5 Å². The molecule has 0 aromatic carbocycles. The zero-order chi connectivity index (χ0) is 14.9. The molecule has 0 spiro atoms. The van der Waals surface area contributed by atoms with E-state index in [0.717, 1.165) is 30.7 Å². The van der Waals surface area contributed by atoms with Crippen molar-refractivity contribution in [2.75, 3.05) is 12.3 Å². The fourth-order valence-electron chi connectivity index (χ4n) is 2.75. The third-order valence-corrected chi connectivity index (χ3v) is 6.93. The molecule has 2 heterocycles. The minimum atomic E-state index is -3.42. The number of nitrogens with two attached hydrogens (primary N) is 1. The third-order valence-electron chi connectivity index (χ3n) is 4.14. The van der Waals surface area contributed by atoms with Crippen molar-refractivity contribution in [2.45, 2.75) is 54.8 Å². The number of thioether (sulfide) groups is 1. The number of nitrogens with zero attached hydrogens (tertiary/aromatic N) is 1. The van der Waals surface area contributed by atoms with Crippen LogP contribution in [0.2, 0.25) is 0 Å². The van der Waals surface area contributed by atoms with Crippen LogP contribution in [-0.2, 0) is 16.6 Å². The van der Waals surface area contributed by atoms with Crippen LogP contribution >= 0.6 is 11.8 Å². The minimum Gasteiger partial charge on any atom is -0.346 e. The second-order valence-electron chi connectivity index (χ2n) is 5.85. The summed E-state index contributed by atoms with van der Waals surface area (Å²) in [6.45, 7) is 0.907. The van der Waals surface area contributed by atoms with E-state index in [1.807, 2.05) is 16.3 Å². The van der Waals surface area contributed by atoms with Gasteiger partial charge in [0.1, 0.15) is 0 Å². The Labute approximate surface area is 130 Å². The number of nitrogens with one attached hydrogen (secondary N) is 1. The number of hydrogen-bond donors (Lipinski definition) is 2. The standard InChI is InChI=1S/C14H23N3O2S2/c15-8-12-7-14(10-17(12)11-4-5-11)21(18,19)16-9-13-3-1-2-6-20-13/h7,10-11,13,16H,1-6,8-9,15H2. The lowest BCUT2D eigenvalue weighted by molar-refractivity contribution is 0.573. The Morgan fingerprint density at radius 3 is 2.76 bits per heavy atom. The van der Waals surface area contributed by atoms with Crippen molar-refractivity contribution in [2.24, 2.45) is 5.73 Å². The molecular weight excluding hydrogens is 306 g/mol. The average molecular weight is 329 g/mol. The first-order valence-electron chi connectivity index (χ1n) is 7.62. The van der Waals surface area contributed by atoms with E-state index in [2.05, 4.69) is 4.72 Å². The Bertz CT molecular complexity index is 587. The molecule has 1 aromatic heterocycles. The Morgan fingerprint density at radius 1 is 1.33 bits per heavy atom. The SMILES string of the molecule is NCc1cc(S(=O)(=O)NCC2CCCCS2)cn1C1CC1. The Morgan fingerprint density at radius 2 is 2.14 bits per heavy atom. The van der Waals surface area contributed by atoms with Gasteiger partial charge in [-0.25, -0.2) is 13.1 Å². The van der Waals surface area contributed by atoms with Crippen molar-refractivity contribution >= 4 is 21.8 Å². The van der Waals surface area contributed by atoms with Crippen LogP contribution in [-0.4, -0.2) is 30.5 Å². The predicted octanol–water partition coefficient (Wildman–Crippen LogP) is 1.85. The molecule has 3 rings (SSSR count). The molecule has 1 unspecified atom stereocenters. The summed E-state index contributed by atoms with van der Waals surface area (Å²) in [7, 11) is -3.42. The lowest BCUT2D eigenvalue weighted by Crippen LogP contribution is -2.31. The van der Waals surface area contributed by atoms with Crippen molar-refractivity contribution in [3.05, 3.63) is 18.0 Å². The maximum atomic E-state index is 12.4. The summed E-state index contributed by atoms with van der Waals surface area (Å²) in [5.74, 6) is 1.14. The fourth-order valence-corrected chi connectivity index (χ4v) is 5.23. The van der Waals surface area contributed by atoms with E-state index < -0.39 is 10.0 Å². The first kappa shape index (κ1) is 15.4. The molecule has 1 aromatic rings. The van der Waals surface area contributed by atoms with E-state index in [1.165, 1.54) is 12.8 Å². The van der Waals surface area contributed by atoms with Crippen LogP contribution in [0.1, 0.15) is 43.8 Å². The van der Waals surface area contributed by atoms with Gasteiger partial charge in [-0.15, -0.1) is 0 Å². The van der Waals surface area contributed by atoms with Crippen LogP contribution in [0, 0.1) is 0 Å². The molecule has 2 aliphatic rings. The predicted molar refractivity (Wildman–Crippen MR) is 85.9 cm³/mol. The molecule has 0 bridgehead atoms. The Hall–Kier alpha value is -0.500. The van der Waals surface area contributed by atoms with Gasteiger partial charge in [0.05, 0.1) is 4.90 Å². The monoisotopic (exact) mass is 329 g/mol. The fraction of sp³-hybridized carbons (Fsp3) is 0.714. The minimum absolute atomic E-state index is 0.357. The van der Waals surface area contributed by atoms with Crippen LogP contribution < -0.4 is 10.5 Å². The average Bonchev–Trinajstić information content (AvgIpc) is 3.24. The summed E-state index contributed by atoms with van der Waals surface area (Å²) >= 11 is 1.87. The molecule has 7 heteroatoms. The van der Waals surface area contributed by atoms with Gasteiger partial charge in [-0.2, -0.15) is 11.8 Å². The van der Waals surface area contributed by atoms with Crippen LogP contribution in [0.4, 0.5) is 0 Å². The van der Waals surface area contributed by atoms with Gasteiger partial charge in [0.15, 0.2) is 0 Å². The second kappa shape index (κ2) is 6.32. The van der Waals surface area contributed by atoms with Gasteiger partial charge in [-0.1, -0.05) is 6.42 Å². The Balaban J connectivity index is 1.68. The van der Waals surface area contributed by atoms with Crippen molar-refractivity contribution in [1.82, 2.24) is 9.29 Å². The largest absolute Gasteiger partial charge is 0.346 e. The third kappa shape index (κ3) is 3.64. The first-order valence-corrected chi connectivity index (χ1v) is 10.2. The molecule has 1 aliphatic heterocycles. The maximum Gasteiger partial charge on any atom is 0.242 e. The molecule has 1 saturated heterocycles. The van der Waals surface area contributed by atoms with Gasteiger partial charge in [0.2, 0.25) is 10.0 Å². The summed E-state index contributed by atoms with van der Waals surface area (Å²) < 4.78 is 29.6. The van der Waals surface area contributed by atoms with E-state index in [1.54, 1.807) is 12.3 Å². The smallest absolute Gasteiger partial charge is 0.242 e. The second-order valence-corrected chi connectivity index (χ2v) is 9.03. The molecule has 1 saturated carbocycles. The van der Waals surface area contributed by atoms with Crippen molar-refractivity contribution in [1.29, 1.82) is 0 Å². The summed E-state index contributed by atoms with van der Waals surface area (Å²) in [5, 5.41) is 0.410. The van der Waals surface area contributed by atoms with E-state index in [4.69, 9.17) is 5.73 Å². The number of hydrogen-bond acceptors (Lipinski definition) is 4. The summed E-state index contributed by atoms with van der Waals surface area (Å²) in [6.07, 6.45) is 7.54. The molecule has 1 aliphatic carbocycles. The van der Waals surface area contributed by atoms with Crippen LogP contribution in [0.5, 0.6) is 0 Å². The molecule has 3 N–H and O–H groups in total. The molecule has 2 fully saturated rings. The summed E-state index contributed by atoms with van der Waals surface area (Å²) in [5.41, 5.74) is 6.63. The lowest BCUT2D eigenvalue weighted by Gasteiger charge is -2.21. The van der Waals surface area contributed by atoms with E-state index in [9.17, 15) is 8.42 Å². The molecule has 0 radical (unpaired) electrons. The van der Waals surface area contributed by atoms with Crippen molar-refractivity contribution in [3.63, 3.8) is 0 Å². The quantitative estimate of drug-likeness (QED) is 0.835. The van der Waals surface area contributed by atoms with Crippen LogP contribution in [0.3, 0.4) is 0 Å². The van der Waals surface area contributed by atoms with Gasteiger partial charge in [0, 0.05) is 36.3 Å². The highest BCUT2D eigenvalue weighted by molar-refractivity contribution is 8.00. The van der Waals surface area contributed by atoms with Crippen LogP contribution in [0.15, 0.2) is 17.2 Å². The highest BCUT2D eigenvalue weighted by Gasteiger charge is 2.28. The van der Waals surface area contributed by atoms with Crippen molar-refractivity contribution < 1.29 is 8.42 Å². The van der Waals surface area contributed by atoms with E-state index in [0.29, 0.717) is 29.3 Å². The zero-order valence-corrected chi connectivity index (χ0v) is 13.8. The number of sulfonamides is 1. The van der Waals surface area contributed by atoms with Crippen LogP contribution in [0.25, 0.3) is 0 Å². The van der Waals surface area contributed by atoms with E-state index >= 15 is 0 Å². The Kier molecular flexibility index (Phi) is 4.63. The highest BCUT2D eigenvalue weighted by atomic mass is 32.2. The van der Waals surface area contributed by atoms with Gasteiger partial charge in [-0.3, -0.25) is 0 Å². The van der Waals surface area contributed by atoms with Gasteiger partial charge >= 0.3 is 0 Å². The van der Waals surface area contributed by atoms with Crippen molar-refractivity contribution in [3.8, 4) is 0 Å². The summed E-state index contributed by atoms with van der Waals surface area (Å²) in [6, 6.07) is 2.16. The maximum absolute atomic E-state index is 12.4. The lowest BCUT2D eigenvalue weighted by atomic mass is 10.2. The zero-order valence-electron chi connectivity index (χ0n) is 12.1. The normalized spacial score (nSPS) is 23.4.